The van der Waals surface area contributed by atoms with Crippen LogP contribution in [0.4, 0.5) is 11.5 Å². The predicted octanol–water partition coefficient (Wildman–Crippen LogP) is 3.52. The molecule has 1 aromatic heterocycles. The number of nitrogens with zero attached hydrogens (tertiary/aromatic N) is 2. The number of hydrogen-bond donors (Lipinski definition) is 2. The van der Waals surface area contributed by atoms with Crippen LogP contribution in [0.3, 0.4) is 0 Å². The Bertz CT molecular complexity index is 1110. The molecule has 2 aromatic carbocycles. The van der Waals surface area contributed by atoms with Crippen LogP contribution in [0.15, 0.2) is 54.7 Å². The Hall–Kier alpha value is -3.85. The Morgan fingerprint density at radius 1 is 1.03 bits per heavy atom. The van der Waals surface area contributed by atoms with Crippen LogP contribution < -0.4 is 15.4 Å². The number of anilines is 2. The zero-order valence-corrected chi connectivity index (χ0v) is 18.2. The molecule has 0 unspecified atom stereocenters. The number of nitrogens with one attached hydrogen (secondary N) is 2. The van der Waals surface area contributed by atoms with Gasteiger partial charge >= 0.3 is 5.97 Å². The van der Waals surface area contributed by atoms with Gasteiger partial charge in [0.05, 0.1) is 12.8 Å². The second-order valence-electron chi connectivity index (χ2n) is 6.57. The Balaban J connectivity index is 1.58. The van der Waals surface area contributed by atoms with E-state index in [9.17, 15) is 14.4 Å². The Labute approximate surface area is 189 Å². The molecule has 0 saturated carbocycles. The molecule has 1 heterocycles. The minimum Gasteiger partial charge on any atom is -0.484 e. The van der Waals surface area contributed by atoms with E-state index in [0.717, 1.165) is 0 Å². The number of benzene rings is 2. The first-order chi connectivity index (χ1) is 15.4. The smallest absolute Gasteiger partial charge is 0.343 e. The number of esters is 1. The van der Waals surface area contributed by atoms with Gasteiger partial charge in [0.15, 0.2) is 6.61 Å². The fourth-order valence-electron chi connectivity index (χ4n) is 2.71. The lowest BCUT2D eigenvalue weighted by atomic mass is 10.2. The van der Waals surface area contributed by atoms with E-state index in [1.807, 2.05) is 0 Å². The van der Waals surface area contributed by atoms with Gasteiger partial charge < -0.3 is 20.1 Å². The van der Waals surface area contributed by atoms with Gasteiger partial charge in [-0.3, -0.25) is 14.3 Å². The topological polar surface area (TPSA) is 112 Å². The van der Waals surface area contributed by atoms with E-state index in [4.69, 9.17) is 21.1 Å². The van der Waals surface area contributed by atoms with Crippen molar-refractivity contribution >= 4 is 40.9 Å². The summed E-state index contributed by atoms with van der Waals surface area (Å²) in [6, 6.07) is 12.9. The number of carbonyl (C=O) groups is 3. The van der Waals surface area contributed by atoms with E-state index >= 15 is 0 Å². The molecule has 0 aliphatic heterocycles. The van der Waals surface area contributed by atoms with Crippen molar-refractivity contribution in [2.45, 2.75) is 6.92 Å². The third-order valence-electron chi connectivity index (χ3n) is 4.28. The van der Waals surface area contributed by atoms with E-state index in [2.05, 4.69) is 15.7 Å². The second kappa shape index (κ2) is 10.5. The number of rotatable bonds is 8. The predicted molar refractivity (Wildman–Crippen MR) is 119 cm³/mol. The average molecular weight is 457 g/mol. The highest BCUT2D eigenvalue weighted by Crippen LogP contribution is 2.18. The largest absolute Gasteiger partial charge is 0.484 e. The maximum absolute atomic E-state index is 12.6. The van der Waals surface area contributed by atoms with Crippen molar-refractivity contribution in [2.24, 2.45) is 7.05 Å². The number of aryl methyl sites for hydroxylation is 1. The maximum atomic E-state index is 12.6. The van der Waals surface area contributed by atoms with Gasteiger partial charge in [-0.25, -0.2) is 4.79 Å². The molecular weight excluding hydrogens is 436 g/mol. The van der Waals surface area contributed by atoms with E-state index in [0.29, 0.717) is 22.0 Å². The molecular formula is C22H21ClN4O5. The highest BCUT2D eigenvalue weighted by Gasteiger charge is 2.19. The fraction of sp³-hybridized carbons (Fsp3) is 0.182. The highest BCUT2D eigenvalue weighted by atomic mass is 35.5. The summed E-state index contributed by atoms with van der Waals surface area (Å²) in [5.74, 6) is -0.622. The van der Waals surface area contributed by atoms with Crippen molar-refractivity contribution in [3.8, 4) is 5.75 Å². The van der Waals surface area contributed by atoms with Crippen LogP contribution in [0.2, 0.25) is 5.02 Å². The number of carbonyl (C=O) groups excluding carboxylic acids is 3. The van der Waals surface area contributed by atoms with Crippen LogP contribution in [0.5, 0.6) is 5.75 Å². The molecule has 10 heteroatoms. The normalized spacial score (nSPS) is 10.3. The number of ether oxygens (including phenoxy) is 2. The summed E-state index contributed by atoms with van der Waals surface area (Å²) in [5, 5.41) is 9.91. The van der Waals surface area contributed by atoms with Crippen LogP contribution in [0.1, 0.15) is 27.6 Å². The quantitative estimate of drug-likeness (QED) is 0.501. The van der Waals surface area contributed by atoms with Crippen molar-refractivity contribution in [1.82, 2.24) is 9.78 Å². The molecule has 0 radical (unpaired) electrons. The lowest BCUT2D eigenvalue weighted by Crippen LogP contribution is -2.20. The lowest BCUT2D eigenvalue weighted by Gasteiger charge is -2.10. The first-order valence-electron chi connectivity index (χ1n) is 9.66. The van der Waals surface area contributed by atoms with Gasteiger partial charge in [0.25, 0.3) is 11.8 Å². The van der Waals surface area contributed by atoms with Gasteiger partial charge in [0.1, 0.15) is 17.1 Å². The molecule has 9 nitrogen and oxygen atoms in total. The highest BCUT2D eigenvalue weighted by molar-refractivity contribution is 6.30. The summed E-state index contributed by atoms with van der Waals surface area (Å²) in [6.45, 7) is 1.72. The number of amides is 2. The molecule has 0 bridgehead atoms. The van der Waals surface area contributed by atoms with Gasteiger partial charge in [-0.1, -0.05) is 11.6 Å². The number of halogens is 1. The van der Waals surface area contributed by atoms with Crippen molar-refractivity contribution in [3.05, 3.63) is 70.9 Å². The third kappa shape index (κ3) is 5.86. The molecule has 0 atom stereocenters. The monoisotopic (exact) mass is 456 g/mol. The van der Waals surface area contributed by atoms with Crippen molar-refractivity contribution in [2.75, 3.05) is 23.8 Å². The Morgan fingerprint density at radius 3 is 2.38 bits per heavy atom. The zero-order valence-electron chi connectivity index (χ0n) is 17.4. The molecule has 0 fully saturated rings. The summed E-state index contributed by atoms with van der Waals surface area (Å²) in [6.07, 6.45) is 1.33. The van der Waals surface area contributed by atoms with Gasteiger partial charge in [-0.05, 0) is 55.5 Å². The fourth-order valence-corrected chi connectivity index (χ4v) is 2.83. The third-order valence-corrected chi connectivity index (χ3v) is 4.53. The van der Waals surface area contributed by atoms with E-state index in [-0.39, 0.29) is 30.5 Å². The van der Waals surface area contributed by atoms with Gasteiger partial charge in [-0.2, -0.15) is 5.10 Å². The Kier molecular flexibility index (Phi) is 7.45. The van der Waals surface area contributed by atoms with Crippen molar-refractivity contribution in [3.63, 3.8) is 0 Å². The van der Waals surface area contributed by atoms with Crippen LogP contribution in [0.25, 0.3) is 0 Å². The molecule has 0 aliphatic carbocycles. The summed E-state index contributed by atoms with van der Waals surface area (Å²) < 4.78 is 11.7. The Morgan fingerprint density at radius 2 is 1.72 bits per heavy atom. The van der Waals surface area contributed by atoms with E-state index < -0.39 is 11.9 Å². The summed E-state index contributed by atoms with van der Waals surface area (Å²) in [7, 11) is 1.60. The van der Waals surface area contributed by atoms with Crippen LogP contribution in [-0.2, 0) is 16.6 Å². The lowest BCUT2D eigenvalue weighted by molar-refractivity contribution is -0.118. The first-order valence-corrected chi connectivity index (χ1v) is 10.0. The summed E-state index contributed by atoms with van der Waals surface area (Å²) in [4.78, 5) is 36.7. The van der Waals surface area contributed by atoms with E-state index in [1.54, 1.807) is 62.5 Å². The average Bonchev–Trinajstić information content (AvgIpc) is 3.14. The van der Waals surface area contributed by atoms with Gasteiger partial charge in [0, 0.05) is 23.3 Å². The molecule has 3 aromatic rings. The molecule has 166 valence electrons. The second-order valence-corrected chi connectivity index (χ2v) is 7.01. The van der Waals surface area contributed by atoms with Crippen molar-refractivity contribution < 1.29 is 23.9 Å². The molecule has 3 rings (SSSR count). The van der Waals surface area contributed by atoms with Crippen molar-refractivity contribution in [1.29, 1.82) is 0 Å². The number of hydrogen-bond acceptors (Lipinski definition) is 6. The molecule has 0 aliphatic rings. The molecule has 2 N–H and O–H groups in total. The molecule has 0 saturated heterocycles. The minimum atomic E-state index is -0.574. The molecule has 0 spiro atoms. The van der Waals surface area contributed by atoms with Crippen LogP contribution in [-0.4, -0.2) is 40.8 Å². The standard InChI is InChI=1S/C22H21ClN4O5/c1-3-31-22(30)18-12-24-27(2)20(18)26-21(29)14-4-8-16(9-5-14)25-19(28)13-32-17-10-6-15(23)7-11-17/h4-12H,3,13H2,1-2H3,(H,25,28)(H,26,29). The molecule has 32 heavy (non-hydrogen) atoms. The zero-order chi connectivity index (χ0) is 23.1. The minimum absolute atomic E-state index is 0.160. The number of aromatic nitrogens is 2. The SMILES string of the molecule is CCOC(=O)c1cnn(C)c1NC(=O)c1ccc(NC(=O)COc2ccc(Cl)cc2)cc1. The van der Waals surface area contributed by atoms with Gasteiger partial charge in [0.2, 0.25) is 0 Å². The van der Waals surface area contributed by atoms with Crippen LogP contribution in [0, 0.1) is 0 Å². The van der Waals surface area contributed by atoms with Gasteiger partial charge in [-0.15, -0.1) is 0 Å². The first kappa shape index (κ1) is 22.8. The molecule has 2 amide bonds. The summed E-state index contributed by atoms with van der Waals surface area (Å²) >= 11 is 5.81. The maximum Gasteiger partial charge on any atom is 0.343 e. The van der Waals surface area contributed by atoms with E-state index in [1.165, 1.54) is 10.9 Å². The summed E-state index contributed by atoms with van der Waals surface area (Å²) in [5.41, 5.74) is 0.989. The van der Waals surface area contributed by atoms with Crippen LogP contribution >= 0.6 is 11.6 Å².